The van der Waals surface area contributed by atoms with Crippen molar-refractivity contribution in [2.24, 2.45) is 0 Å². The highest BCUT2D eigenvalue weighted by Crippen LogP contribution is 2.17. The van der Waals surface area contributed by atoms with Gasteiger partial charge in [-0.25, -0.2) is 9.78 Å². The fourth-order valence-corrected chi connectivity index (χ4v) is 1.68. The average molecular weight is 246 g/mol. The third-order valence-electron chi connectivity index (χ3n) is 2.63. The standard InChI is InChI=1S/C13H14N2O3/c1-9-14-12(13(16)18-3)8-15(9)10-4-6-11(17-2)7-5-10/h4-8H,1-3H3. The first-order chi connectivity index (χ1) is 8.65. The van der Waals surface area contributed by atoms with Crippen LogP contribution in [0.25, 0.3) is 5.69 Å². The molecule has 0 fully saturated rings. The molecule has 5 nitrogen and oxygen atoms in total. The van der Waals surface area contributed by atoms with Crippen molar-refractivity contribution in [2.45, 2.75) is 6.92 Å². The molecule has 0 atom stereocenters. The molecule has 0 amide bonds. The first-order valence-electron chi connectivity index (χ1n) is 5.44. The molecule has 0 N–H and O–H groups in total. The minimum atomic E-state index is -0.439. The van der Waals surface area contributed by atoms with Crippen LogP contribution < -0.4 is 4.74 Å². The molecule has 0 aliphatic carbocycles. The number of rotatable bonds is 3. The highest BCUT2D eigenvalue weighted by atomic mass is 16.5. The van der Waals surface area contributed by atoms with E-state index in [0.717, 1.165) is 17.3 Å². The van der Waals surface area contributed by atoms with Crippen LogP contribution in [0.5, 0.6) is 5.75 Å². The second kappa shape index (κ2) is 4.91. The second-order valence-electron chi connectivity index (χ2n) is 3.73. The Kier molecular flexibility index (Phi) is 3.32. The maximum atomic E-state index is 11.4. The van der Waals surface area contributed by atoms with E-state index in [4.69, 9.17) is 4.74 Å². The summed E-state index contributed by atoms with van der Waals surface area (Å²) >= 11 is 0. The molecule has 0 saturated carbocycles. The lowest BCUT2D eigenvalue weighted by Gasteiger charge is -2.05. The van der Waals surface area contributed by atoms with Crippen molar-refractivity contribution in [3.8, 4) is 11.4 Å². The number of carbonyl (C=O) groups is 1. The van der Waals surface area contributed by atoms with Crippen molar-refractivity contribution >= 4 is 5.97 Å². The summed E-state index contributed by atoms with van der Waals surface area (Å²) in [6.07, 6.45) is 1.66. The van der Waals surface area contributed by atoms with E-state index in [0.29, 0.717) is 5.69 Å². The first kappa shape index (κ1) is 12.2. The minimum Gasteiger partial charge on any atom is -0.497 e. The maximum absolute atomic E-state index is 11.4. The zero-order chi connectivity index (χ0) is 13.1. The highest BCUT2D eigenvalue weighted by molar-refractivity contribution is 5.87. The molecule has 0 saturated heterocycles. The molecule has 0 radical (unpaired) electrons. The summed E-state index contributed by atoms with van der Waals surface area (Å²) in [4.78, 5) is 15.6. The van der Waals surface area contributed by atoms with E-state index in [1.165, 1.54) is 7.11 Å². The third kappa shape index (κ3) is 2.20. The van der Waals surface area contributed by atoms with Gasteiger partial charge in [0.25, 0.3) is 0 Å². The van der Waals surface area contributed by atoms with Crippen LogP contribution in [0.1, 0.15) is 16.3 Å². The van der Waals surface area contributed by atoms with Crippen molar-refractivity contribution in [2.75, 3.05) is 14.2 Å². The number of benzene rings is 1. The molecular formula is C13H14N2O3. The molecule has 0 aliphatic rings. The van der Waals surface area contributed by atoms with Gasteiger partial charge in [0.15, 0.2) is 5.69 Å². The van der Waals surface area contributed by atoms with E-state index >= 15 is 0 Å². The molecule has 0 bridgehead atoms. The Morgan fingerprint density at radius 3 is 2.44 bits per heavy atom. The summed E-state index contributed by atoms with van der Waals surface area (Å²) < 4.78 is 11.6. The number of esters is 1. The van der Waals surface area contributed by atoms with Crippen molar-refractivity contribution in [1.82, 2.24) is 9.55 Å². The van der Waals surface area contributed by atoms with E-state index < -0.39 is 5.97 Å². The van der Waals surface area contributed by atoms with Gasteiger partial charge in [-0.1, -0.05) is 0 Å². The fraction of sp³-hybridized carbons (Fsp3) is 0.231. The van der Waals surface area contributed by atoms with Gasteiger partial charge in [-0.05, 0) is 31.2 Å². The minimum absolute atomic E-state index is 0.297. The molecule has 0 spiro atoms. The molecule has 1 aromatic carbocycles. The normalized spacial score (nSPS) is 10.2. The van der Waals surface area contributed by atoms with Gasteiger partial charge < -0.3 is 14.0 Å². The van der Waals surface area contributed by atoms with E-state index in [-0.39, 0.29) is 0 Å². The van der Waals surface area contributed by atoms with Crippen LogP contribution in [0.3, 0.4) is 0 Å². The number of imidazole rings is 1. The number of nitrogens with zero attached hydrogens (tertiary/aromatic N) is 2. The number of methoxy groups -OCH3 is 2. The van der Waals surface area contributed by atoms with Crippen molar-refractivity contribution in [3.05, 3.63) is 42.0 Å². The van der Waals surface area contributed by atoms with Crippen LogP contribution in [-0.2, 0) is 4.74 Å². The van der Waals surface area contributed by atoms with Crippen LogP contribution in [0.2, 0.25) is 0 Å². The molecule has 5 heteroatoms. The monoisotopic (exact) mass is 246 g/mol. The SMILES string of the molecule is COC(=O)c1cn(-c2ccc(OC)cc2)c(C)n1. The lowest BCUT2D eigenvalue weighted by atomic mass is 10.3. The third-order valence-corrected chi connectivity index (χ3v) is 2.63. The zero-order valence-electron chi connectivity index (χ0n) is 10.5. The quantitative estimate of drug-likeness (QED) is 0.777. The van der Waals surface area contributed by atoms with Crippen molar-refractivity contribution in [1.29, 1.82) is 0 Å². The predicted molar refractivity (Wildman–Crippen MR) is 66.2 cm³/mol. The van der Waals surface area contributed by atoms with Crippen LogP contribution >= 0.6 is 0 Å². The lowest BCUT2D eigenvalue weighted by Crippen LogP contribution is -2.01. The fourth-order valence-electron chi connectivity index (χ4n) is 1.68. The van der Waals surface area contributed by atoms with Crippen LogP contribution in [0.15, 0.2) is 30.5 Å². The largest absolute Gasteiger partial charge is 0.497 e. The van der Waals surface area contributed by atoms with Gasteiger partial charge in [0, 0.05) is 11.9 Å². The van der Waals surface area contributed by atoms with E-state index in [1.807, 2.05) is 35.8 Å². The Labute approximate surface area is 105 Å². The summed E-state index contributed by atoms with van der Waals surface area (Å²) in [6.45, 7) is 1.83. The van der Waals surface area contributed by atoms with Crippen molar-refractivity contribution < 1.29 is 14.3 Å². The number of carbonyl (C=O) groups excluding carboxylic acids is 1. The van der Waals surface area contributed by atoms with Gasteiger partial charge in [-0.15, -0.1) is 0 Å². The molecule has 0 unspecified atom stereocenters. The first-order valence-corrected chi connectivity index (χ1v) is 5.44. The molecule has 1 heterocycles. The molecule has 0 aliphatic heterocycles. The van der Waals surface area contributed by atoms with Gasteiger partial charge in [0.05, 0.1) is 14.2 Å². The maximum Gasteiger partial charge on any atom is 0.358 e. The summed E-state index contributed by atoms with van der Waals surface area (Å²) in [6, 6.07) is 7.50. The van der Waals surface area contributed by atoms with E-state index in [2.05, 4.69) is 9.72 Å². The van der Waals surface area contributed by atoms with Gasteiger partial charge in [0.2, 0.25) is 0 Å². The van der Waals surface area contributed by atoms with E-state index in [1.54, 1.807) is 13.3 Å². The highest BCUT2D eigenvalue weighted by Gasteiger charge is 2.12. The Hall–Kier alpha value is -2.30. The van der Waals surface area contributed by atoms with Crippen LogP contribution in [0.4, 0.5) is 0 Å². The molecule has 2 rings (SSSR count). The predicted octanol–water partition coefficient (Wildman–Crippen LogP) is 1.98. The van der Waals surface area contributed by atoms with Crippen LogP contribution in [-0.4, -0.2) is 29.7 Å². The topological polar surface area (TPSA) is 53.4 Å². The van der Waals surface area contributed by atoms with Gasteiger partial charge in [0.1, 0.15) is 11.6 Å². The van der Waals surface area contributed by atoms with Gasteiger partial charge >= 0.3 is 5.97 Å². The number of aromatic nitrogens is 2. The van der Waals surface area contributed by atoms with Crippen molar-refractivity contribution in [3.63, 3.8) is 0 Å². The average Bonchev–Trinajstić information content (AvgIpc) is 2.80. The molecular weight excluding hydrogens is 232 g/mol. The molecule has 94 valence electrons. The summed E-state index contributed by atoms with van der Waals surface area (Å²) in [7, 11) is 2.96. The number of hydrogen-bond donors (Lipinski definition) is 0. The number of ether oxygens (including phenoxy) is 2. The van der Waals surface area contributed by atoms with E-state index in [9.17, 15) is 4.79 Å². The smallest absolute Gasteiger partial charge is 0.358 e. The van der Waals surface area contributed by atoms with Gasteiger partial charge in [-0.3, -0.25) is 0 Å². The Morgan fingerprint density at radius 2 is 1.89 bits per heavy atom. The summed E-state index contributed by atoms with van der Waals surface area (Å²) in [5, 5.41) is 0. The summed E-state index contributed by atoms with van der Waals surface area (Å²) in [5.74, 6) is 1.07. The Bertz CT molecular complexity index is 558. The Morgan fingerprint density at radius 1 is 1.22 bits per heavy atom. The van der Waals surface area contributed by atoms with Crippen LogP contribution in [0, 0.1) is 6.92 Å². The van der Waals surface area contributed by atoms with Gasteiger partial charge in [-0.2, -0.15) is 0 Å². The number of hydrogen-bond acceptors (Lipinski definition) is 4. The number of aryl methyl sites for hydroxylation is 1. The molecule has 1 aromatic heterocycles. The molecule has 2 aromatic rings. The Balaban J connectivity index is 2.37. The molecule has 18 heavy (non-hydrogen) atoms. The summed E-state index contributed by atoms with van der Waals surface area (Å²) in [5.41, 5.74) is 1.21. The second-order valence-corrected chi connectivity index (χ2v) is 3.73. The lowest BCUT2D eigenvalue weighted by molar-refractivity contribution is 0.0594. The zero-order valence-corrected chi connectivity index (χ0v) is 10.5.